The summed E-state index contributed by atoms with van der Waals surface area (Å²) in [5.41, 5.74) is 0. The summed E-state index contributed by atoms with van der Waals surface area (Å²) < 4.78 is 50.1. The molecule has 0 aliphatic heterocycles. The van der Waals surface area contributed by atoms with E-state index in [2.05, 4.69) is 4.72 Å². The topological polar surface area (TPSA) is 64.6 Å². The number of sulfonamides is 1. The van der Waals surface area contributed by atoms with Crippen LogP contribution in [0.4, 0.5) is 4.39 Å². The lowest BCUT2D eigenvalue weighted by molar-refractivity contribution is 0.350. The SMILES string of the molecule is COc1cc(F)c(S(=O)(=O)NCC2CC2)cc1OC. The van der Waals surface area contributed by atoms with Gasteiger partial charge in [0.25, 0.3) is 0 Å². The predicted octanol–water partition coefficient (Wildman–Crippen LogP) is 1.53. The molecule has 7 heteroatoms. The summed E-state index contributed by atoms with van der Waals surface area (Å²) in [5.74, 6) is -0.157. The fourth-order valence-electron chi connectivity index (χ4n) is 1.67. The van der Waals surface area contributed by atoms with Gasteiger partial charge in [0.05, 0.1) is 14.2 Å². The Bertz CT molecular complexity index is 569. The molecule has 0 atom stereocenters. The Labute approximate surface area is 111 Å². The lowest BCUT2D eigenvalue weighted by Gasteiger charge is -2.12. The molecule has 0 amide bonds. The Hall–Kier alpha value is -1.34. The smallest absolute Gasteiger partial charge is 0.243 e. The molecule has 1 aliphatic carbocycles. The van der Waals surface area contributed by atoms with E-state index in [-0.39, 0.29) is 11.5 Å². The van der Waals surface area contributed by atoms with Gasteiger partial charge in [0, 0.05) is 18.7 Å². The largest absolute Gasteiger partial charge is 0.493 e. The first-order chi connectivity index (χ1) is 8.97. The number of halogens is 1. The fourth-order valence-corrected chi connectivity index (χ4v) is 2.86. The molecule has 2 rings (SSSR count). The van der Waals surface area contributed by atoms with Crippen LogP contribution in [0, 0.1) is 11.7 Å². The Kier molecular flexibility index (Phi) is 3.96. The second-order valence-corrected chi connectivity index (χ2v) is 6.17. The van der Waals surface area contributed by atoms with Gasteiger partial charge in [-0.15, -0.1) is 0 Å². The zero-order valence-electron chi connectivity index (χ0n) is 10.8. The first-order valence-electron chi connectivity index (χ1n) is 5.89. The number of nitrogens with one attached hydrogen (secondary N) is 1. The van der Waals surface area contributed by atoms with Crippen LogP contribution in [0.3, 0.4) is 0 Å². The van der Waals surface area contributed by atoms with Gasteiger partial charge in [-0.1, -0.05) is 0 Å². The zero-order chi connectivity index (χ0) is 14.0. The average Bonchev–Trinajstić information content (AvgIpc) is 3.19. The van der Waals surface area contributed by atoms with E-state index in [0.29, 0.717) is 12.5 Å². The van der Waals surface area contributed by atoms with Crippen LogP contribution in [0.5, 0.6) is 11.5 Å². The van der Waals surface area contributed by atoms with Crippen molar-refractivity contribution < 1.29 is 22.3 Å². The predicted molar refractivity (Wildman–Crippen MR) is 67.4 cm³/mol. The van der Waals surface area contributed by atoms with Gasteiger partial charge in [-0.3, -0.25) is 0 Å². The maximum absolute atomic E-state index is 13.8. The number of ether oxygens (including phenoxy) is 2. The van der Waals surface area contributed by atoms with Gasteiger partial charge in [-0.2, -0.15) is 0 Å². The van der Waals surface area contributed by atoms with Crippen LogP contribution in [0.2, 0.25) is 0 Å². The summed E-state index contributed by atoms with van der Waals surface area (Å²) in [6.07, 6.45) is 2.02. The molecule has 1 N–H and O–H groups in total. The van der Waals surface area contributed by atoms with E-state index in [1.54, 1.807) is 0 Å². The number of methoxy groups -OCH3 is 2. The zero-order valence-corrected chi connectivity index (χ0v) is 11.6. The molecular weight excluding hydrogens is 273 g/mol. The molecule has 1 aromatic rings. The van der Waals surface area contributed by atoms with Crippen molar-refractivity contribution in [2.24, 2.45) is 5.92 Å². The molecule has 1 aliphatic rings. The van der Waals surface area contributed by atoms with Crippen LogP contribution < -0.4 is 14.2 Å². The van der Waals surface area contributed by atoms with Gasteiger partial charge in [0.1, 0.15) is 10.7 Å². The van der Waals surface area contributed by atoms with E-state index in [0.717, 1.165) is 25.0 Å². The van der Waals surface area contributed by atoms with E-state index >= 15 is 0 Å². The molecule has 0 saturated heterocycles. The van der Waals surface area contributed by atoms with E-state index < -0.39 is 20.7 Å². The summed E-state index contributed by atoms with van der Waals surface area (Å²) in [4.78, 5) is -0.425. The van der Waals surface area contributed by atoms with Crippen LogP contribution in [0.15, 0.2) is 17.0 Å². The van der Waals surface area contributed by atoms with Crippen LogP contribution >= 0.6 is 0 Å². The normalized spacial score (nSPS) is 15.3. The third-order valence-electron chi connectivity index (χ3n) is 2.99. The molecule has 0 bridgehead atoms. The van der Waals surface area contributed by atoms with Gasteiger partial charge in [0.15, 0.2) is 11.5 Å². The molecule has 106 valence electrons. The second kappa shape index (κ2) is 5.34. The van der Waals surface area contributed by atoms with Gasteiger partial charge in [-0.25, -0.2) is 17.5 Å². The van der Waals surface area contributed by atoms with Crippen molar-refractivity contribution in [1.82, 2.24) is 4.72 Å². The van der Waals surface area contributed by atoms with Crippen molar-refractivity contribution >= 4 is 10.0 Å². The third-order valence-corrected chi connectivity index (χ3v) is 4.43. The van der Waals surface area contributed by atoms with Crippen LogP contribution in [0.25, 0.3) is 0 Å². The van der Waals surface area contributed by atoms with Gasteiger partial charge in [0.2, 0.25) is 10.0 Å². The third kappa shape index (κ3) is 3.16. The minimum atomic E-state index is -3.86. The quantitative estimate of drug-likeness (QED) is 0.862. The molecule has 1 saturated carbocycles. The Morgan fingerprint density at radius 2 is 1.84 bits per heavy atom. The molecule has 0 spiro atoms. The Morgan fingerprint density at radius 1 is 1.26 bits per heavy atom. The minimum absolute atomic E-state index is 0.154. The first-order valence-corrected chi connectivity index (χ1v) is 7.37. The van der Waals surface area contributed by atoms with E-state index in [1.807, 2.05) is 0 Å². The van der Waals surface area contributed by atoms with Gasteiger partial charge in [-0.05, 0) is 18.8 Å². The number of rotatable bonds is 6. The summed E-state index contributed by atoms with van der Waals surface area (Å²) in [6, 6.07) is 2.13. The highest BCUT2D eigenvalue weighted by molar-refractivity contribution is 7.89. The highest BCUT2D eigenvalue weighted by atomic mass is 32.2. The van der Waals surface area contributed by atoms with Crippen LogP contribution in [0.1, 0.15) is 12.8 Å². The molecule has 1 fully saturated rings. The van der Waals surface area contributed by atoms with E-state index in [9.17, 15) is 12.8 Å². The summed E-state index contributed by atoms with van der Waals surface area (Å²) in [5, 5.41) is 0. The highest BCUT2D eigenvalue weighted by Gasteiger charge is 2.27. The van der Waals surface area contributed by atoms with Crippen molar-refractivity contribution in [1.29, 1.82) is 0 Å². The van der Waals surface area contributed by atoms with E-state index in [4.69, 9.17) is 9.47 Å². The molecule has 19 heavy (non-hydrogen) atoms. The monoisotopic (exact) mass is 289 g/mol. The van der Waals surface area contributed by atoms with Crippen molar-refractivity contribution in [2.75, 3.05) is 20.8 Å². The Morgan fingerprint density at radius 3 is 2.37 bits per heavy atom. The standard InChI is InChI=1S/C12H16FNO4S/c1-17-10-5-9(13)12(6-11(10)18-2)19(15,16)14-7-8-3-4-8/h5-6,8,14H,3-4,7H2,1-2H3. The maximum atomic E-state index is 13.8. The van der Waals surface area contributed by atoms with Crippen molar-refractivity contribution in [3.8, 4) is 11.5 Å². The molecule has 0 aromatic heterocycles. The number of hydrogen-bond donors (Lipinski definition) is 1. The summed E-state index contributed by atoms with van der Waals surface area (Å²) >= 11 is 0. The molecule has 5 nitrogen and oxygen atoms in total. The molecule has 0 radical (unpaired) electrons. The Balaban J connectivity index is 2.31. The van der Waals surface area contributed by atoms with Crippen molar-refractivity contribution in [3.05, 3.63) is 17.9 Å². The average molecular weight is 289 g/mol. The lowest BCUT2D eigenvalue weighted by atomic mass is 10.3. The molecule has 0 unspecified atom stereocenters. The van der Waals surface area contributed by atoms with E-state index in [1.165, 1.54) is 14.2 Å². The molecule has 0 heterocycles. The van der Waals surface area contributed by atoms with Crippen molar-refractivity contribution in [3.63, 3.8) is 0 Å². The molecular formula is C12H16FNO4S. The minimum Gasteiger partial charge on any atom is -0.493 e. The second-order valence-electron chi connectivity index (χ2n) is 4.43. The van der Waals surface area contributed by atoms with Crippen molar-refractivity contribution in [2.45, 2.75) is 17.7 Å². The highest BCUT2D eigenvalue weighted by Crippen LogP contribution is 2.32. The van der Waals surface area contributed by atoms with Gasteiger partial charge >= 0.3 is 0 Å². The molecule has 1 aromatic carbocycles. The summed E-state index contributed by atoms with van der Waals surface area (Å²) in [6.45, 7) is 0.343. The maximum Gasteiger partial charge on any atom is 0.243 e. The number of hydrogen-bond acceptors (Lipinski definition) is 4. The van der Waals surface area contributed by atoms with Crippen LogP contribution in [-0.2, 0) is 10.0 Å². The number of benzene rings is 1. The lowest BCUT2D eigenvalue weighted by Crippen LogP contribution is -2.26. The van der Waals surface area contributed by atoms with Gasteiger partial charge < -0.3 is 9.47 Å². The first kappa shape index (κ1) is 14.1. The fraction of sp³-hybridized carbons (Fsp3) is 0.500. The van der Waals surface area contributed by atoms with Crippen LogP contribution in [-0.4, -0.2) is 29.2 Å². The summed E-state index contributed by atoms with van der Waals surface area (Å²) in [7, 11) is -1.14.